The monoisotopic (exact) mass is 379 g/mol. The average molecular weight is 380 g/mol. The molecule has 0 unspecified atom stereocenters. The minimum absolute atomic E-state index is 0.270. The van der Waals surface area contributed by atoms with E-state index in [4.69, 9.17) is 30.5 Å². The van der Waals surface area contributed by atoms with Gasteiger partial charge in [-0.1, -0.05) is 23.7 Å². The minimum Gasteiger partial charge on any atom is -0.493 e. The first-order valence-electron chi connectivity index (χ1n) is 8.04. The van der Waals surface area contributed by atoms with Crippen LogP contribution >= 0.6 is 11.6 Å². The van der Waals surface area contributed by atoms with Crippen LogP contribution in [0, 0.1) is 0 Å². The van der Waals surface area contributed by atoms with Gasteiger partial charge in [0.1, 0.15) is 0 Å². The molecule has 0 aliphatic heterocycles. The second-order valence-electron chi connectivity index (χ2n) is 5.26. The first-order chi connectivity index (χ1) is 12.5. The number of nitrogens with one attached hydrogen (secondary N) is 1. The summed E-state index contributed by atoms with van der Waals surface area (Å²) >= 11 is 6.22. The number of hydrogen-bond acceptors (Lipinski definition) is 5. The molecule has 0 spiro atoms. The fraction of sp³-hybridized carbons (Fsp3) is 0.316. The van der Waals surface area contributed by atoms with Crippen LogP contribution in [-0.4, -0.2) is 33.8 Å². The van der Waals surface area contributed by atoms with Crippen molar-refractivity contribution in [3.8, 4) is 23.0 Å². The number of carbonyl (C=O) groups excluding carboxylic acids is 1. The third-order valence-corrected chi connectivity index (χ3v) is 3.98. The molecule has 1 amide bonds. The molecule has 0 aromatic heterocycles. The van der Waals surface area contributed by atoms with E-state index < -0.39 is 0 Å². The standard InChI is InChI=1S/C19H22ClNO5/c1-5-26-18-14(20)9-13(10-16(18)24-3)19(22)21-11-12-7-6-8-15(23-2)17(12)25-4/h6-10H,5,11H2,1-4H3,(H,21,22). The molecule has 26 heavy (non-hydrogen) atoms. The maximum Gasteiger partial charge on any atom is 0.251 e. The highest BCUT2D eigenvalue weighted by Crippen LogP contribution is 2.36. The third kappa shape index (κ3) is 4.32. The Hall–Kier alpha value is -2.60. The molecule has 0 aliphatic carbocycles. The fourth-order valence-electron chi connectivity index (χ4n) is 2.51. The van der Waals surface area contributed by atoms with Gasteiger partial charge in [0.15, 0.2) is 23.0 Å². The van der Waals surface area contributed by atoms with Gasteiger partial charge in [0.2, 0.25) is 0 Å². The molecule has 140 valence electrons. The maximum atomic E-state index is 12.5. The van der Waals surface area contributed by atoms with E-state index in [0.29, 0.717) is 40.2 Å². The Morgan fingerprint density at radius 1 is 1.04 bits per heavy atom. The molecule has 2 aromatic rings. The van der Waals surface area contributed by atoms with Crippen LogP contribution < -0.4 is 24.3 Å². The van der Waals surface area contributed by atoms with E-state index in [1.165, 1.54) is 7.11 Å². The van der Waals surface area contributed by atoms with Crippen LogP contribution in [0.3, 0.4) is 0 Å². The average Bonchev–Trinajstić information content (AvgIpc) is 2.66. The molecule has 7 heteroatoms. The van der Waals surface area contributed by atoms with Gasteiger partial charge in [-0.2, -0.15) is 0 Å². The minimum atomic E-state index is -0.293. The Kier molecular flexibility index (Phi) is 6.97. The largest absolute Gasteiger partial charge is 0.493 e. The highest BCUT2D eigenvalue weighted by molar-refractivity contribution is 6.32. The molecule has 2 aromatic carbocycles. The molecule has 1 N–H and O–H groups in total. The molecule has 6 nitrogen and oxygen atoms in total. The van der Waals surface area contributed by atoms with E-state index in [1.807, 2.05) is 19.1 Å². The molecule has 0 fully saturated rings. The summed E-state index contributed by atoms with van der Waals surface area (Å²) in [7, 11) is 4.62. The Labute approximate surface area is 158 Å². The van der Waals surface area contributed by atoms with Crippen molar-refractivity contribution in [3.05, 3.63) is 46.5 Å². The van der Waals surface area contributed by atoms with Crippen molar-refractivity contribution < 1.29 is 23.7 Å². The molecule has 0 atom stereocenters. The van der Waals surface area contributed by atoms with Crippen LogP contribution in [0.1, 0.15) is 22.8 Å². The number of methoxy groups -OCH3 is 3. The van der Waals surface area contributed by atoms with Crippen LogP contribution in [0.2, 0.25) is 5.02 Å². The number of amides is 1. The number of hydrogen-bond donors (Lipinski definition) is 1. The highest BCUT2D eigenvalue weighted by atomic mass is 35.5. The number of carbonyl (C=O) groups is 1. The smallest absolute Gasteiger partial charge is 0.251 e. The number of ether oxygens (including phenoxy) is 4. The number of para-hydroxylation sites is 1. The summed E-state index contributed by atoms with van der Waals surface area (Å²) in [5.74, 6) is 1.71. The van der Waals surface area contributed by atoms with Crippen LogP contribution in [0.4, 0.5) is 0 Å². The zero-order valence-corrected chi connectivity index (χ0v) is 16.0. The van der Waals surface area contributed by atoms with E-state index >= 15 is 0 Å². The van der Waals surface area contributed by atoms with Gasteiger partial charge in [-0.15, -0.1) is 0 Å². The van der Waals surface area contributed by atoms with Crippen molar-refractivity contribution in [1.82, 2.24) is 5.32 Å². The van der Waals surface area contributed by atoms with Crippen LogP contribution in [-0.2, 0) is 6.54 Å². The molecule has 2 rings (SSSR count). The normalized spacial score (nSPS) is 10.2. The second-order valence-corrected chi connectivity index (χ2v) is 5.66. The van der Waals surface area contributed by atoms with Gasteiger partial charge in [-0.05, 0) is 25.1 Å². The van der Waals surface area contributed by atoms with E-state index in [-0.39, 0.29) is 12.5 Å². The van der Waals surface area contributed by atoms with Crippen molar-refractivity contribution in [3.63, 3.8) is 0 Å². The zero-order valence-electron chi connectivity index (χ0n) is 15.2. The van der Waals surface area contributed by atoms with Gasteiger partial charge in [-0.3, -0.25) is 4.79 Å². The van der Waals surface area contributed by atoms with Gasteiger partial charge in [0, 0.05) is 17.7 Å². The number of benzene rings is 2. The van der Waals surface area contributed by atoms with Crippen molar-refractivity contribution in [2.24, 2.45) is 0 Å². The molecular formula is C19H22ClNO5. The Morgan fingerprint density at radius 3 is 2.38 bits per heavy atom. The van der Waals surface area contributed by atoms with E-state index in [0.717, 1.165) is 5.56 Å². The lowest BCUT2D eigenvalue weighted by Crippen LogP contribution is -2.23. The van der Waals surface area contributed by atoms with Crippen molar-refractivity contribution in [2.75, 3.05) is 27.9 Å². The fourth-order valence-corrected chi connectivity index (χ4v) is 2.77. The second kappa shape index (κ2) is 9.20. The Morgan fingerprint density at radius 2 is 1.77 bits per heavy atom. The molecular weight excluding hydrogens is 358 g/mol. The molecule has 0 heterocycles. The first kappa shape index (κ1) is 19.7. The Bertz CT molecular complexity index is 779. The Balaban J connectivity index is 2.20. The summed E-state index contributed by atoms with van der Waals surface area (Å²) in [6.45, 7) is 2.56. The predicted molar refractivity (Wildman–Crippen MR) is 99.9 cm³/mol. The maximum absolute atomic E-state index is 12.5. The van der Waals surface area contributed by atoms with Gasteiger partial charge in [0.05, 0.1) is 33.0 Å². The van der Waals surface area contributed by atoms with Gasteiger partial charge < -0.3 is 24.3 Å². The summed E-state index contributed by atoms with van der Waals surface area (Å²) in [5, 5.41) is 3.16. The van der Waals surface area contributed by atoms with Gasteiger partial charge >= 0.3 is 0 Å². The van der Waals surface area contributed by atoms with E-state index in [2.05, 4.69) is 5.32 Å². The number of rotatable bonds is 8. The summed E-state index contributed by atoms with van der Waals surface area (Å²) in [4.78, 5) is 12.5. The molecule has 0 bridgehead atoms. The van der Waals surface area contributed by atoms with Crippen molar-refractivity contribution in [2.45, 2.75) is 13.5 Å². The molecule has 0 radical (unpaired) electrons. The lowest BCUT2D eigenvalue weighted by Gasteiger charge is -2.15. The summed E-state index contributed by atoms with van der Waals surface area (Å²) in [5.41, 5.74) is 1.17. The predicted octanol–water partition coefficient (Wildman–Crippen LogP) is 3.69. The van der Waals surface area contributed by atoms with Gasteiger partial charge in [-0.25, -0.2) is 0 Å². The SMILES string of the molecule is CCOc1c(Cl)cc(C(=O)NCc2cccc(OC)c2OC)cc1OC. The zero-order chi connectivity index (χ0) is 19.1. The quantitative estimate of drug-likeness (QED) is 0.757. The lowest BCUT2D eigenvalue weighted by molar-refractivity contribution is 0.0950. The molecule has 0 saturated heterocycles. The van der Waals surface area contributed by atoms with E-state index in [1.54, 1.807) is 32.4 Å². The lowest BCUT2D eigenvalue weighted by atomic mass is 10.1. The summed E-state index contributed by atoms with van der Waals surface area (Å²) in [6, 6.07) is 8.62. The number of halogens is 1. The summed E-state index contributed by atoms with van der Waals surface area (Å²) in [6.07, 6.45) is 0. The summed E-state index contributed by atoms with van der Waals surface area (Å²) < 4.78 is 21.4. The molecule has 0 aliphatic rings. The van der Waals surface area contributed by atoms with Gasteiger partial charge in [0.25, 0.3) is 5.91 Å². The topological polar surface area (TPSA) is 66.0 Å². The van der Waals surface area contributed by atoms with Crippen molar-refractivity contribution in [1.29, 1.82) is 0 Å². The first-order valence-corrected chi connectivity index (χ1v) is 8.41. The van der Waals surface area contributed by atoms with Crippen molar-refractivity contribution >= 4 is 17.5 Å². The van der Waals surface area contributed by atoms with Crippen LogP contribution in [0.5, 0.6) is 23.0 Å². The highest BCUT2D eigenvalue weighted by Gasteiger charge is 2.16. The third-order valence-electron chi connectivity index (χ3n) is 3.70. The van der Waals surface area contributed by atoms with Crippen LogP contribution in [0.25, 0.3) is 0 Å². The van der Waals surface area contributed by atoms with Crippen LogP contribution in [0.15, 0.2) is 30.3 Å². The van der Waals surface area contributed by atoms with E-state index in [9.17, 15) is 4.79 Å². The molecule has 0 saturated carbocycles.